The second-order valence-electron chi connectivity index (χ2n) is 7.14. The van der Waals surface area contributed by atoms with Crippen molar-refractivity contribution in [3.63, 3.8) is 0 Å². The number of hydrogen-bond donors (Lipinski definition) is 2. The number of carbonyl (C=O) groups excluding carboxylic acids is 3. The average Bonchev–Trinajstić information content (AvgIpc) is 2.92. The molecule has 28 heavy (non-hydrogen) atoms. The zero-order valence-electron chi connectivity index (χ0n) is 16.4. The van der Waals surface area contributed by atoms with Crippen molar-refractivity contribution < 1.29 is 19.1 Å². The molecule has 2 fully saturated rings. The van der Waals surface area contributed by atoms with Crippen molar-refractivity contribution in [2.75, 3.05) is 33.8 Å². The molecular weight excluding hydrogens is 384 g/mol. The SMILES string of the molecule is CNC1CCCN(C(=O)CN2C(=O)NC(C)(c3ccc(OC)cc3)C2=O)C1.Cl. The third-order valence-corrected chi connectivity index (χ3v) is 5.42. The zero-order valence-corrected chi connectivity index (χ0v) is 17.2. The predicted molar refractivity (Wildman–Crippen MR) is 107 cm³/mol. The Morgan fingerprint density at radius 3 is 2.61 bits per heavy atom. The highest BCUT2D eigenvalue weighted by atomic mass is 35.5. The Hall–Kier alpha value is -2.32. The maximum atomic E-state index is 13.0. The molecule has 0 saturated carbocycles. The Morgan fingerprint density at radius 2 is 2.00 bits per heavy atom. The summed E-state index contributed by atoms with van der Waals surface area (Å²) in [4.78, 5) is 40.8. The van der Waals surface area contributed by atoms with E-state index < -0.39 is 17.5 Å². The van der Waals surface area contributed by atoms with Gasteiger partial charge >= 0.3 is 6.03 Å². The van der Waals surface area contributed by atoms with Gasteiger partial charge in [-0.25, -0.2) is 4.79 Å². The van der Waals surface area contributed by atoms with Crippen molar-refractivity contribution in [3.8, 4) is 5.75 Å². The third-order valence-electron chi connectivity index (χ3n) is 5.42. The number of urea groups is 1. The van der Waals surface area contributed by atoms with Crippen LogP contribution < -0.4 is 15.4 Å². The van der Waals surface area contributed by atoms with Crippen LogP contribution in [0.15, 0.2) is 24.3 Å². The minimum Gasteiger partial charge on any atom is -0.497 e. The van der Waals surface area contributed by atoms with Gasteiger partial charge in [-0.05, 0) is 44.5 Å². The van der Waals surface area contributed by atoms with Crippen LogP contribution in [0.25, 0.3) is 0 Å². The molecule has 0 radical (unpaired) electrons. The lowest BCUT2D eigenvalue weighted by Crippen LogP contribution is -2.50. The molecule has 2 heterocycles. The molecule has 3 rings (SSSR count). The smallest absolute Gasteiger partial charge is 0.325 e. The van der Waals surface area contributed by atoms with Crippen LogP contribution in [-0.2, 0) is 15.1 Å². The van der Waals surface area contributed by atoms with E-state index in [0.29, 0.717) is 24.4 Å². The molecule has 2 atom stereocenters. The molecule has 1 aromatic rings. The van der Waals surface area contributed by atoms with E-state index in [2.05, 4.69) is 10.6 Å². The predicted octanol–water partition coefficient (Wildman–Crippen LogP) is 1.09. The Balaban J connectivity index is 0.00000280. The molecule has 0 spiro atoms. The molecular formula is C19H27ClN4O4. The van der Waals surface area contributed by atoms with E-state index in [0.717, 1.165) is 17.7 Å². The van der Waals surface area contributed by atoms with Gasteiger partial charge in [0.15, 0.2) is 0 Å². The zero-order chi connectivity index (χ0) is 19.6. The number of likely N-dealkylation sites (N-methyl/N-ethyl adjacent to an activating group) is 1. The van der Waals surface area contributed by atoms with Crippen molar-refractivity contribution in [1.29, 1.82) is 0 Å². The fraction of sp³-hybridized carbons (Fsp3) is 0.526. The number of halogens is 1. The van der Waals surface area contributed by atoms with Gasteiger partial charge in [-0.2, -0.15) is 0 Å². The Labute approximate surface area is 171 Å². The molecule has 154 valence electrons. The number of amides is 4. The van der Waals surface area contributed by atoms with E-state index in [9.17, 15) is 14.4 Å². The van der Waals surface area contributed by atoms with Gasteiger partial charge in [0.25, 0.3) is 5.91 Å². The molecule has 2 unspecified atom stereocenters. The molecule has 2 N–H and O–H groups in total. The summed E-state index contributed by atoms with van der Waals surface area (Å²) in [5.41, 5.74) is -0.552. The number of likely N-dealkylation sites (tertiary alicyclic amines) is 1. The normalized spacial score (nSPS) is 24.6. The van der Waals surface area contributed by atoms with E-state index in [-0.39, 0.29) is 30.9 Å². The van der Waals surface area contributed by atoms with Gasteiger partial charge in [-0.3, -0.25) is 14.5 Å². The van der Waals surface area contributed by atoms with Crippen LogP contribution in [0, 0.1) is 0 Å². The van der Waals surface area contributed by atoms with Crippen LogP contribution >= 0.6 is 12.4 Å². The number of hydrogen-bond acceptors (Lipinski definition) is 5. The molecule has 1 aromatic carbocycles. The average molecular weight is 411 g/mol. The van der Waals surface area contributed by atoms with Gasteiger partial charge in [0, 0.05) is 19.1 Å². The summed E-state index contributed by atoms with van der Waals surface area (Å²) in [6.07, 6.45) is 1.92. The Kier molecular flexibility index (Phi) is 6.90. The second kappa shape index (κ2) is 8.79. The van der Waals surface area contributed by atoms with Crippen molar-refractivity contribution >= 4 is 30.3 Å². The monoisotopic (exact) mass is 410 g/mol. The fourth-order valence-corrected chi connectivity index (χ4v) is 3.64. The number of imide groups is 1. The lowest BCUT2D eigenvalue weighted by atomic mass is 9.92. The minimum absolute atomic E-state index is 0. The summed E-state index contributed by atoms with van der Waals surface area (Å²) in [7, 11) is 3.43. The highest BCUT2D eigenvalue weighted by molar-refractivity contribution is 6.09. The number of benzene rings is 1. The van der Waals surface area contributed by atoms with Crippen molar-refractivity contribution in [2.45, 2.75) is 31.3 Å². The molecule has 2 aliphatic rings. The Bertz CT molecular complexity index is 742. The van der Waals surface area contributed by atoms with Gasteiger partial charge < -0.3 is 20.3 Å². The molecule has 0 bridgehead atoms. The van der Waals surface area contributed by atoms with E-state index in [1.807, 2.05) is 7.05 Å². The summed E-state index contributed by atoms with van der Waals surface area (Å²) >= 11 is 0. The van der Waals surface area contributed by atoms with E-state index in [1.165, 1.54) is 0 Å². The second-order valence-corrected chi connectivity index (χ2v) is 7.14. The van der Waals surface area contributed by atoms with Crippen LogP contribution in [0.3, 0.4) is 0 Å². The van der Waals surface area contributed by atoms with Crippen LogP contribution in [0.4, 0.5) is 4.79 Å². The standard InChI is InChI=1S/C19H26N4O4.ClH/c1-19(13-6-8-15(27-3)9-7-13)17(25)23(18(26)21-19)12-16(24)22-10-4-5-14(11-22)20-2;/h6-9,14,20H,4-5,10-12H2,1-3H3,(H,21,26);1H. The number of piperidine rings is 1. The molecule has 0 aromatic heterocycles. The van der Waals surface area contributed by atoms with Gasteiger partial charge in [0.05, 0.1) is 7.11 Å². The maximum absolute atomic E-state index is 13.0. The molecule has 2 saturated heterocycles. The van der Waals surface area contributed by atoms with Crippen molar-refractivity contribution in [1.82, 2.24) is 20.4 Å². The highest BCUT2D eigenvalue weighted by Crippen LogP contribution is 2.30. The third kappa shape index (κ3) is 4.07. The Morgan fingerprint density at radius 1 is 1.32 bits per heavy atom. The maximum Gasteiger partial charge on any atom is 0.325 e. The summed E-state index contributed by atoms with van der Waals surface area (Å²) in [5.74, 6) is 0.0287. The molecule has 0 aliphatic carbocycles. The number of carbonyl (C=O) groups is 3. The first-order valence-electron chi connectivity index (χ1n) is 9.12. The lowest BCUT2D eigenvalue weighted by Gasteiger charge is -2.33. The number of rotatable bonds is 5. The number of nitrogens with one attached hydrogen (secondary N) is 2. The first kappa shape index (κ1) is 22.0. The van der Waals surface area contributed by atoms with Crippen molar-refractivity contribution in [2.24, 2.45) is 0 Å². The molecule has 8 nitrogen and oxygen atoms in total. The molecule has 9 heteroatoms. The van der Waals surface area contributed by atoms with Crippen LogP contribution in [0.5, 0.6) is 5.75 Å². The van der Waals surface area contributed by atoms with Gasteiger partial charge in [-0.15, -0.1) is 12.4 Å². The van der Waals surface area contributed by atoms with Gasteiger partial charge in [0.1, 0.15) is 17.8 Å². The summed E-state index contributed by atoms with van der Waals surface area (Å²) in [6, 6.07) is 6.65. The summed E-state index contributed by atoms with van der Waals surface area (Å²) in [6.45, 7) is 2.65. The topological polar surface area (TPSA) is 91.0 Å². The number of methoxy groups -OCH3 is 1. The summed E-state index contributed by atoms with van der Waals surface area (Å²) in [5, 5.41) is 5.91. The van der Waals surface area contributed by atoms with E-state index in [1.54, 1.807) is 43.2 Å². The van der Waals surface area contributed by atoms with Crippen LogP contribution in [0.2, 0.25) is 0 Å². The van der Waals surface area contributed by atoms with Crippen LogP contribution in [-0.4, -0.2) is 67.5 Å². The molecule has 2 aliphatic heterocycles. The number of nitrogens with zero attached hydrogens (tertiary/aromatic N) is 2. The highest BCUT2D eigenvalue weighted by Gasteiger charge is 2.49. The fourth-order valence-electron chi connectivity index (χ4n) is 3.64. The summed E-state index contributed by atoms with van der Waals surface area (Å²) < 4.78 is 5.13. The number of ether oxygens (including phenoxy) is 1. The van der Waals surface area contributed by atoms with E-state index >= 15 is 0 Å². The first-order chi connectivity index (χ1) is 12.9. The van der Waals surface area contributed by atoms with E-state index in [4.69, 9.17) is 4.74 Å². The van der Waals surface area contributed by atoms with Gasteiger partial charge in [0.2, 0.25) is 5.91 Å². The first-order valence-corrected chi connectivity index (χ1v) is 9.12. The molecule has 4 amide bonds. The van der Waals surface area contributed by atoms with Crippen LogP contribution in [0.1, 0.15) is 25.3 Å². The lowest BCUT2D eigenvalue weighted by molar-refractivity contribution is -0.139. The quantitative estimate of drug-likeness (QED) is 0.709. The minimum atomic E-state index is -1.20. The van der Waals surface area contributed by atoms with Gasteiger partial charge in [-0.1, -0.05) is 12.1 Å². The largest absolute Gasteiger partial charge is 0.497 e. The van der Waals surface area contributed by atoms with Crippen molar-refractivity contribution in [3.05, 3.63) is 29.8 Å².